The van der Waals surface area contributed by atoms with Crippen LogP contribution in [0, 0.1) is 11.8 Å². The van der Waals surface area contributed by atoms with Gasteiger partial charge in [0.1, 0.15) is 17.4 Å². The van der Waals surface area contributed by atoms with Crippen LogP contribution in [0.3, 0.4) is 0 Å². The Morgan fingerprint density at radius 3 is 2.29 bits per heavy atom. The lowest BCUT2D eigenvalue weighted by Gasteiger charge is -2.52. The van der Waals surface area contributed by atoms with Gasteiger partial charge in [-0.05, 0) is 85.7 Å². The minimum atomic E-state index is -4.69. The molecular formula is C29H30F5NO5S2. The second-order valence-corrected chi connectivity index (χ2v) is 15.4. The van der Waals surface area contributed by atoms with Gasteiger partial charge in [0.15, 0.2) is 9.84 Å². The molecule has 0 spiro atoms. The van der Waals surface area contributed by atoms with Gasteiger partial charge in [-0.15, -0.1) is 0 Å². The molecule has 0 radical (unpaired) electrons. The molecule has 2 aliphatic carbocycles. The summed E-state index contributed by atoms with van der Waals surface area (Å²) in [5, 5.41) is 0. The highest BCUT2D eigenvalue weighted by Gasteiger charge is 2.59. The number of sulfonamides is 1. The summed E-state index contributed by atoms with van der Waals surface area (Å²) in [6.07, 6.45) is -3.60. The Morgan fingerprint density at radius 2 is 1.67 bits per heavy atom. The molecule has 1 heterocycles. The third-order valence-corrected chi connectivity index (χ3v) is 13.3. The SMILES string of the molecule is COc1ccc(CN2[C@H]3CC[C@@](C4CC(F)=CC=C4F)(S(=O)(=O)c4ccc(C(F)(F)F)cc4)C[C@H]3CCS2(=O)=O)cc1. The van der Waals surface area contributed by atoms with E-state index in [-0.39, 0.29) is 38.0 Å². The maximum absolute atomic E-state index is 15.4. The molecule has 0 N–H and O–H groups in total. The highest BCUT2D eigenvalue weighted by Crippen LogP contribution is 2.54. The summed E-state index contributed by atoms with van der Waals surface area (Å²) in [4.78, 5) is -0.421. The number of hydrogen-bond donors (Lipinski definition) is 0. The highest BCUT2D eigenvalue weighted by molar-refractivity contribution is 7.93. The van der Waals surface area contributed by atoms with Crippen LogP contribution in [-0.2, 0) is 32.6 Å². The Kier molecular flexibility index (Phi) is 8.08. The van der Waals surface area contributed by atoms with E-state index in [1.54, 1.807) is 24.3 Å². The van der Waals surface area contributed by atoms with Crippen LogP contribution in [0.25, 0.3) is 0 Å². The Hall–Kier alpha value is -2.77. The molecule has 6 nitrogen and oxygen atoms in total. The Bertz CT molecular complexity index is 1600. The van der Waals surface area contributed by atoms with Crippen molar-refractivity contribution in [2.75, 3.05) is 12.9 Å². The van der Waals surface area contributed by atoms with Crippen molar-refractivity contribution in [3.05, 3.63) is 83.5 Å². The number of allylic oxidation sites excluding steroid dienone is 4. The summed E-state index contributed by atoms with van der Waals surface area (Å²) in [5.74, 6) is -3.12. The average Bonchev–Trinajstić information content (AvgIpc) is 2.95. The first-order valence-corrected chi connectivity index (χ1v) is 16.5. The van der Waals surface area contributed by atoms with Crippen LogP contribution in [0.5, 0.6) is 5.75 Å². The summed E-state index contributed by atoms with van der Waals surface area (Å²) in [6, 6.07) is 9.30. The lowest BCUT2D eigenvalue weighted by molar-refractivity contribution is -0.137. The van der Waals surface area contributed by atoms with Crippen LogP contribution in [0.2, 0.25) is 0 Å². The number of methoxy groups -OCH3 is 1. The number of fused-ring (bicyclic) bond motifs is 1. The van der Waals surface area contributed by atoms with Crippen LogP contribution in [0.1, 0.15) is 43.2 Å². The van der Waals surface area contributed by atoms with Crippen LogP contribution in [0.15, 0.2) is 77.2 Å². The number of hydrogen-bond acceptors (Lipinski definition) is 5. The minimum absolute atomic E-state index is 0.0429. The third-order valence-electron chi connectivity index (χ3n) is 8.80. The first-order chi connectivity index (χ1) is 19.7. The Labute approximate surface area is 241 Å². The van der Waals surface area contributed by atoms with E-state index in [9.17, 15) is 34.4 Å². The highest BCUT2D eigenvalue weighted by atomic mass is 32.2. The smallest absolute Gasteiger partial charge is 0.416 e. The van der Waals surface area contributed by atoms with E-state index in [4.69, 9.17) is 4.74 Å². The summed E-state index contributed by atoms with van der Waals surface area (Å²) >= 11 is 0. The molecular weight excluding hydrogens is 601 g/mol. The largest absolute Gasteiger partial charge is 0.497 e. The maximum atomic E-state index is 15.4. The minimum Gasteiger partial charge on any atom is -0.497 e. The fraction of sp³-hybridized carbons (Fsp3) is 0.448. The number of halogens is 5. The molecule has 1 saturated carbocycles. The second kappa shape index (κ2) is 11.1. The molecule has 42 heavy (non-hydrogen) atoms. The van der Waals surface area contributed by atoms with Gasteiger partial charge in [-0.3, -0.25) is 0 Å². The van der Waals surface area contributed by atoms with Crippen molar-refractivity contribution >= 4 is 19.9 Å². The molecule has 13 heteroatoms. The van der Waals surface area contributed by atoms with E-state index >= 15 is 4.39 Å². The van der Waals surface area contributed by atoms with Crippen molar-refractivity contribution in [2.45, 2.75) is 60.5 Å². The van der Waals surface area contributed by atoms with Gasteiger partial charge in [0.2, 0.25) is 10.0 Å². The monoisotopic (exact) mass is 631 g/mol. The summed E-state index contributed by atoms with van der Waals surface area (Å²) < 4.78 is 129. The molecule has 0 bridgehead atoms. The van der Waals surface area contributed by atoms with Gasteiger partial charge < -0.3 is 4.74 Å². The summed E-state index contributed by atoms with van der Waals surface area (Å²) in [5.41, 5.74) is -0.341. The van der Waals surface area contributed by atoms with Crippen molar-refractivity contribution in [3.63, 3.8) is 0 Å². The van der Waals surface area contributed by atoms with Gasteiger partial charge in [-0.25, -0.2) is 25.6 Å². The van der Waals surface area contributed by atoms with Crippen LogP contribution in [0.4, 0.5) is 22.0 Å². The third kappa shape index (κ3) is 5.50. The predicted octanol–water partition coefficient (Wildman–Crippen LogP) is 6.36. The Balaban J connectivity index is 1.53. The van der Waals surface area contributed by atoms with Crippen molar-refractivity contribution in [1.29, 1.82) is 0 Å². The standard InChI is InChI=1S/C29H30F5NO5S2/c1-40-23-7-2-19(3-8-23)18-35-27-12-14-28(17-20(27)13-15-41(35,36)37,25-16-22(30)6-11-26(25)31)42(38,39)24-9-4-21(5-10-24)29(32,33)34/h2-11,20,25,27H,12-18H2,1H3/t20-,25?,27+,28-/m1/s1. The van der Waals surface area contributed by atoms with Gasteiger partial charge in [-0.1, -0.05) is 12.1 Å². The first-order valence-electron chi connectivity index (χ1n) is 13.4. The van der Waals surface area contributed by atoms with Crippen molar-refractivity contribution in [1.82, 2.24) is 4.31 Å². The van der Waals surface area contributed by atoms with Gasteiger partial charge in [0.05, 0.1) is 28.1 Å². The van der Waals surface area contributed by atoms with E-state index in [0.717, 1.165) is 24.3 Å². The maximum Gasteiger partial charge on any atom is 0.416 e. The van der Waals surface area contributed by atoms with Crippen molar-refractivity contribution in [2.24, 2.45) is 11.8 Å². The molecule has 2 aromatic rings. The number of nitrogens with zero attached hydrogens (tertiary/aromatic N) is 1. The molecule has 0 aromatic heterocycles. The molecule has 2 aromatic carbocycles. The summed E-state index contributed by atoms with van der Waals surface area (Å²) in [7, 11) is -6.73. The lowest BCUT2D eigenvalue weighted by atomic mass is 9.69. The quantitative estimate of drug-likeness (QED) is 0.347. The molecule has 5 rings (SSSR count). The molecule has 2 fully saturated rings. The van der Waals surface area contributed by atoms with Crippen LogP contribution >= 0.6 is 0 Å². The number of rotatable bonds is 6. The number of sulfone groups is 1. The number of alkyl halides is 3. The zero-order valence-corrected chi connectivity index (χ0v) is 24.3. The molecule has 3 aliphatic rings. The lowest BCUT2D eigenvalue weighted by Crippen LogP contribution is -2.59. The molecule has 4 atom stereocenters. The fourth-order valence-corrected chi connectivity index (χ4v) is 10.8. The fourth-order valence-electron chi connectivity index (χ4n) is 6.62. The Morgan fingerprint density at radius 1 is 1.00 bits per heavy atom. The first kappa shape index (κ1) is 30.7. The molecule has 228 valence electrons. The van der Waals surface area contributed by atoms with Crippen LogP contribution < -0.4 is 4.74 Å². The predicted molar refractivity (Wildman–Crippen MR) is 146 cm³/mol. The molecule has 1 aliphatic heterocycles. The van der Waals surface area contributed by atoms with Crippen molar-refractivity contribution < 1.29 is 43.5 Å². The normalized spacial score (nSPS) is 28.4. The summed E-state index contributed by atoms with van der Waals surface area (Å²) in [6.45, 7) is 0.0429. The number of ether oxygens (including phenoxy) is 1. The van der Waals surface area contributed by atoms with E-state index in [1.807, 2.05) is 0 Å². The van der Waals surface area contributed by atoms with Gasteiger partial charge in [0.25, 0.3) is 0 Å². The zero-order chi connectivity index (χ0) is 30.5. The van der Waals surface area contributed by atoms with Gasteiger partial charge >= 0.3 is 6.18 Å². The molecule has 1 unspecified atom stereocenters. The van der Waals surface area contributed by atoms with E-state index in [1.165, 1.54) is 11.4 Å². The van der Waals surface area contributed by atoms with E-state index in [0.29, 0.717) is 23.4 Å². The zero-order valence-electron chi connectivity index (χ0n) is 22.7. The van der Waals surface area contributed by atoms with Crippen molar-refractivity contribution in [3.8, 4) is 5.75 Å². The molecule has 1 saturated heterocycles. The average molecular weight is 632 g/mol. The second-order valence-electron chi connectivity index (χ2n) is 11.1. The van der Waals surface area contributed by atoms with E-state index in [2.05, 4.69) is 0 Å². The van der Waals surface area contributed by atoms with Gasteiger partial charge in [0, 0.05) is 24.9 Å². The van der Waals surface area contributed by atoms with Crippen LogP contribution in [-0.4, -0.2) is 44.8 Å². The molecule has 0 amide bonds. The van der Waals surface area contributed by atoms with E-state index < -0.39 is 77.2 Å². The van der Waals surface area contributed by atoms with Gasteiger partial charge in [-0.2, -0.15) is 17.5 Å². The number of benzene rings is 2. The topological polar surface area (TPSA) is 80.8 Å².